The lowest BCUT2D eigenvalue weighted by Gasteiger charge is -2.17. The van der Waals surface area contributed by atoms with E-state index in [1.54, 1.807) is 25.8 Å². The normalized spacial score (nSPS) is 14.7. The molecule has 2 aromatic heterocycles. The quantitative estimate of drug-likeness (QED) is 0.768. The third kappa shape index (κ3) is 2.83. The van der Waals surface area contributed by atoms with Crippen molar-refractivity contribution in [1.82, 2.24) is 14.5 Å². The second-order valence-corrected chi connectivity index (χ2v) is 6.60. The van der Waals surface area contributed by atoms with Crippen molar-refractivity contribution in [2.75, 3.05) is 12.4 Å². The number of benzene rings is 1. The second kappa shape index (κ2) is 6.29. The molecule has 0 saturated heterocycles. The zero-order valence-electron chi connectivity index (χ0n) is 14.8. The Morgan fingerprint density at radius 2 is 2.12 bits per heavy atom. The van der Waals surface area contributed by atoms with E-state index in [0.29, 0.717) is 5.69 Å². The monoisotopic (exact) mass is 348 g/mol. The lowest BCUT2D eigenvalue weighted by molar-refractivity contribution is -0.118. The van der Waals surface area contributed by atoms with Crippen LogP contribution in [0.5, 0.6) is 5.75 Å². The molecule has 1 aliphatic carbocycles. The summed E-state index contributed by atoms with van der Waals surface area (Å²) in [7, 11) is 1.65. The zero-order valence-corrected chi connectivity index (χ0v) is 14.8. The zero-order chi connectivity index (χ0) is 18.1. The van der Waals surface area contributed by atoms with Crippen LogP contribution in [-0.2, 0) is 10.2 Å². The molecular formula is C20H20N4O2. The van der Waals surface area contributed by atoms with Crippen LogP contribution in [0.1, 0.15) is 24.0 Å². The minimum Gasteiger partial charge on any atom is -0.496 e. The van der Waals surface area contributed by atoms with Gasteiger partial charge in [0, 0.05) is 12.4 Å². The summed E-state index contributed by atoms with van der Waals surface area (Å²) in [5.41, 5.74) is 2.28. The summed E-state index contributed by atoms with van der Waals surface area (Å²) < 4.78 is 7.22. The summed E-state index contributed by atoms with van der Waals surface area (Å²) >= 11 is 0. The molecular weight excluding hydrogens is 328 g/mol. The van der Waals surface area contributed by atoms with Crippen molar-refractivity contribution in [3.05, 3.63) is 66.4 Å². The minimum atomic E-state index is -0.468. The first kappa shape index (κ1) is 16.3. The van der Waals surface area contributed by atoms with Crippen molar-refractivity contribution >= 4 is 11.6 Å². The highest BCUT2D eigenvalue weighted by atomic mass is 16.5. The molecule has 26 heavy (non-hydrogen) atoms. The van der Waals surface area contributed by atoms with Crippen molar-refractivity contribution in [2.45, 2.75) is 25.2 Å². The fourth-order valence-electron chi connectivity index (χ4n) is 3.15. The average Bonchev–Trinajstić information content (AvgIpc) is 3.29. The van der Waals surface area contributed by atoms with Gasteiger partial charge in [0.1, 0.15) is 17.9 Å². The highest BCUT2D eigenvalue weighted by Gasteiger charge is 2.51. The maximum atomic E-state index is 12.9. The van der Waals surface area contributed by atoms with Crippen LogP contribution in [0.25, 0.3) is 5.82 Å². The number of carbonyl (C=O) groups excluding carboxylic acids is 1. The number of nitrogens with zero attached hydrogens (tertiary/aromatic N) is 3. The number of amides is 1. The summed E-state index contributed by atoms with van der Waals surface area (Å²) in [5.74, 6) is 1.57. The molecule has 2 heterocycles. The number of nitrogens with one attached hydrogen (secondary N) is 1. The van der Waals surface area contributed by atoms with Gasteiger partial charge in [-0.3, -0.25) is 9.36 Å². The number of methoxy groups -OCH3 is 1. The molecule has 1 N–H and O–H groups in total. The first-order valence-electron chi connectivity index (χ1n) is 8.53. The molecule has 132 valence electrons. The average molecular weight is 348 g/mol. The topological polar surface area (TPSA) is 69.0 Å². The Labute approximate surface area is 151 Å². The van der Waals surface area contributed by atoms with Crippen LogP contribution in [0.15, 0.2) is 55.2 Å². The lowest BCUT2D eigenvalue weighted by atomic mass is 9.93. The molecule has 1 aromatic carbocycles. The van der Waals surface area contributed by atoms with Gasteiger partial charge < -0.3 is 10.1 Å². The Balaban J connectivity index is 1.53. The number of aryl methyl sites for hydroxylation is 1. The van der Waals surface area contributed by atoms with Crippen LogP contribution >= 0.6 is 0 Å². The maximum absolute atomic E-state index is 12.9. The summed E-state index contributed by atoms with van der Waals surface area (Å²) in [5, 5.41) is 3.00. The number of pyridine rings is 1. The number of anilines is 1. The van der Waals surface area contributed by atoms with Gasteiger partial charge in [-0.25, -0.2) is 9.97 Å². The fourth-order valence-corrected chi connectivity index (χ4v) is 3.15. The Bertz CT molecular complexity index is 929. The van der Waals surface area contributed by atoms with E-state index in [-0.39, 0.29) is 5.91 Å². The summed E-state index contributed by atoms with van der Waals surface area (Å²) in [6.45, 7) is 2.00. The molecule has 1 saturated carbocycles. The third-order valence-corrected chi connectivity index (χ3v) is 4.92. The number of carbonyl (C=O) groups is 1. The highest BCUT2D eigenvalue weighted by Crippen LogP contribution is 2.50. The van der Waals surface area contributed by atoms with E-state index in [1.807, 2.05) is 48.0 Å². The second-order valence-electron chi connectivity index (χ2n) is 6.60. The first-order valence-corrected chi connectivity index (χ1v) is 8.53. The Kier molecular flexibility index (Phi) is 3.95. The summed E-state index contributed by atoms with van der Waals surface area (Å²) in [6.07, 6.45) is 8.55. The molecule has 0 radical (unpaired) electrons. The number of aromatic nitrogens is 3. The highest BCUT2D eigenvalue weighted by molar-refractivity contribution is 6.01. The molecule has 4 rings (SSSR count). The SMILES string of the molecule is COc1cc(C2(C(=O)Nc3ccc(-n4ccnc4)nc3)CC2)ccc1C. The van der Waals surface area contributed by atoms with Crippen LogP contribution in [0.2, 0.25) is 0 Å². The number of ether oxygens (including phenoxy) is 1. The summed E-state index contributed by atoms with van der Waals surface area (Å²) in [6, 6.07) is 9.70. The van der Waals surface area contributed by atoms with E-state index < -0.39 is 5.41 Å². The van der Waals surface area contributed by atoms with Crippen LogP contribution in [0.4, 0.5) is 5.69 Å². The molecule has 0 bridgehead atoms. The standard InChI is InChI=1S/C20H20N4O2/c1-14-3-4-15(11-17(14)26-2)20(7-8-20)19(25)23-16-5-6-18(22-12-16)24-10-9-21-13-24/h3-6,9-13H,7-8H2,1-2H3,(H,23,25). The van der Waals surface area contributed by atoms with E-state index in [0.717, 1.165) is 35.5 Å². The number of hydrogen-bond donors (Lipinski definition) is 1. The van der Waals surface area contributed by atoms with Crippen molar-refractivity contribution in [2.24, 2.45) is 0 Å². The number of imidazole rings is 1. The van der Waals surface area contributed by atoms with Crippen LogP contribution < -0.4 is 10.1 Å². The van der Waals surface area contributed by atoms with Gasteiger partial charge in [-0.1, -0.05) is 12.1 Å². The number of hydrogen-bond acceptors (Lipinski definition) is 4. The van der Waals surface area contributed by atoms with Gasteiger partial charge in [-0.2, -0.15) is 0 Å². The van der Waals surface area contributed by atoms with Crippen molar-refractivity contribution in [3.63, 3.8) is 0 Å². The maximum Gasteiger partial charge on any atom is 0.235 e. The van der Waals surface area contributed by atoms with Gasteiger partial charge in [0.25, 0.3) is 0 Å². The minimum absolute atomic E-state index is 0.000543. The molecule has 0 atom stereocenters. The van der Waals surface area contributed by atoms with E-state index in [2.05, 4.69) is 15.3 Å². The largest absolute Gasteiger partial charge is 0.496 e. The van der Waals surface area contributed by atoms with E-state index in [9.17, 15) is 4.79 Å². The van der Waals surface area contributed by atoms with Crippen molar-refractivity contribution in [3.8, 4) is 11.6 Å². The Hall–Kier alpha value is -3.15. The van der Waals surface area contributed by atoms with Crippen LogP contribution in [0, 0.1) is 6.92 Å². The van der Waals surface area contributed by atoms with Gasteiger partial charge in [0.05, 0.1) is 24.4 Å². The predicted octanol–water partition coefficient (Wildman–Crippen LogP) is 3.25. The molecule has 1 aliphatic rings. The molecule has 0 unspecified atom stereocenters. The number of rotatable bonds is 5. The predicted molar refractivity (Wildman–Crippen MR) is 98.6 cm³/mol. The fraction of sp³-hybridized carbons (Fsp3) is 0.250. The van der Waals surface area contributed by atoms with E-state index in [1.165, 1.54) is 0 Å². The molecule has 1 fully saturated rings. The first-order chi connectivity index (χ1) is 12.6. The third-order valence-electron chi connectivity index (χ3n) is 4.92. The molecule has 0 aliphatic heterocycles. The van der Waals surface area contributed by atoms with Crippen LogP contribution in [0.3, 0.4) is 0 Å². The molecule has 0 spiro atoms. The van der Waals surface area contributed by atoms with Crippen LogP contribution in [-0.4, -0.2) is 27.6 Å². The molecule has 6 nitrogen and oxygen atoms in total. The lowest BCUT2D eigenvalue weighted by Crippen LogP contribution is -2.28. The van der Waals surface area contributed by atoms with Gasteiger partial charge in [-0.15, -0.1) is 0 Å². The van der Waals surface area contributed by atoms with Gasteiger partial charge >= 0.3 is 0 Å². The molecule has 3 aromatic rings. The van der Waals surface area contributed by atoms with E-state index >= 15 is 0 Å². The van der Waals surface area contributed by atoms with Crippen molar-refractivity contribution in [1.29, 1.82) is 0 Å². The van der Waals surface area contributed by atoms with Gasteiger partial charge in [0.15, 0.2) is 0 Å². The van der Waals surface area contributed by atoms with Crippen molar-refractivity contribution < 1.29 is 9.53 Å². The van der Waals surface area contributed by atoms with Gasteiger partial charge in [-0.05, 0) is 49.1 Å². The van der Waals surface area contributed by atoms with Gasteiger partial charge in [0.2, 0.25) is 5.91 Å². The summed E-state index contributed by atoms with van der Waals surface area (Å²) in [4.78, 5) is 21.3. The Morgan fingerprint density at radius 1 is 1.27 bits per heavy atom. The molecule has 1 amide bonds. The smallest absolute Gasteiger partial charge is 0.235 e. The van der Waals surface area contributed by atoms with E-state index in [4.69, 9.17) is 4.74 Å². The molecule has 6 heteroatoms. The Morgan fingerprint density at radius 3 is 2.73 bits per heavy atom.